The molecule has 2 atom stereocenters. The summed E-state index contributed by atoms with van der Waals surface area (Å²) in [7, 11) is 0. The van der Waals surface area contributed by atoms with Gasteiger partial charge in [0.25, 0.3) is 0 Å². The zero-order chi connectivity index (χ0) is 12.4. The Morgan fingerprint density at radius 2 is 2.29 bits per heavy atom. The Labute approximate surface area is 105 Å². The van der Waals surface area contributed by atoms with E-state index >= 15 is 0 Å². The molecule has 1 aliphatic heterocycles. The highest BCUT2D eigenvalue weighted by molar-refractivity contribution is 6.30. The number of ether oxygens (including phenoxy) is 1. The van der Waals surface area contributed by atoms with Crippen molar-refractivity contribution in [3.8, 4) is 0 Å². The van der Waals surface area contributed by atoms with Crippen LogP contribution in [0.2, 0.25) is 5.15 Å². The number of aromatic nitrogens is 2. The van der Waals surface area contributed by atoms with E-state index in [1.165, 1.54) is 6.33 Å². The predicted molar refractivity (Wildman–Crippen MR) is 65.4 cm³/mol. The van der Waals surface area contributed by atoms with Crippen LogP contribution in [0.1, 0.15) is 12.5 Å². The molecule has 17 heavy (non-hydrogen) atoms. The summed E-state index contributed by atoms with van der Waals surface area (Å²) in [6.07, 6.45) is 1.35. The Kier molecular flexibility index (Phi) is 3.81. The zero-order valence-electron chi connectivity index (χ0n) is 9.93. The highest BCUT2D eigenvalue weighted by atomic mass is 35.5. The van der Waals surface area contributed by atoms with Gasteiger partial charge in [-0.15, -0.1) is 0 Å². The molecule has 0 amide bonds. The van der Waals surface area contributed by atoms with E-state index < -0.39 is 0 Å². The molecule has 0 aliphatic carbocycles. The van der Waals surface area contributed by atoms with Gasteiger partial charge in [-0.1, -0.05) is 11.6 Å². The van der Waals surface area contributed by atoms with Crippen LogP contribution in [0.15, 0.2) is 6.33 Å². The molecule has 0 bridgehead atoms. The van der Waals surface area contributed by atoms with Gasteiger partial charge in [-0.05, 0) is 13.8 Å². The maximum atomic E-state index is 9.19. The van der Waals surface area contributed by atoms with Gasteiger partial charge < -0.3 is 14.7 Å². The van der Waals surface area contributed by atoms with E-state index in [1.54, 1.807) is 0 Å². The van der Waals surface area contributed by atoms with Crippen molar-refractivity contribution in [2.75, 3.05) is 24.6 Å². The first-order valence-corrected chi connectivity index (χ1v) is 5.98. The Bertz CT molecular complexity index is 402. The second-order valence-corrected chi connectivity index (χ2v) is 4.63. The summed E-state index contributed by atoms with van der Waals surface area (Å²) in [6.45, 7) is 5.25. The third kappa shape index (κ3) is 2.68. The summed E-state index contributed by atoms with van der Waals surface area (Å²) in [5.41, 5.74) is 0.861. The minimum Gasteiger partial charge on any atom is -0.394 e. The summed E-state index contributed by atoms with van der Waals surface area (Å²) in [6, 6.07) is 0. The van der Waals surface area contributed by atoms with Gasteiger partial charge in [-0.3, -0.25) is 0 Å². The van der Waals surface area contributed by atoms with Gasteiger partial charge in [0.05, 0.1) is 18.8 Å². The molecule has 2 unspecified atom stereocenters. The fourth-order valence-electron chi connectivity index (χ4n) is 2.06. The van der Waals surface area contributed by atoms with Crippen molar-refractivity contribution < 1.29 is 9.84 Å². The first-order chi connectivity index (χ1) is 8.11. The molecule has 0 spiro atoms. The van der Waals surface area contributed by atoms with E-state index in [2.05, 4.69) is 14.9 Å². The quantitative estimate of drug-likeness (QED) is 0.802. The number of morpholine rings is 1. The molecule has 6 heteroatoms. The molecule has 1 saturated heterocycles. The van der Waals surface area contributed by atoms with Crippen LogP contribution < -0.4 is 4.90 Å². The third-order valence-electron chi connectivity index (χ3n) is 2.83. The molecule has 0 saturated carbocycles. The molecule has 5 nitrogen and oxygen atoms in total. The first-order valence-electron chi connectivity index (χ1n) is 5.60. The van der Waals surface area contributed by atoms with Crippen molar-refractivity contribution in [2.45, 2.75) is 26.1 Å². The maximum Gasteiger partial charge on any atom is 0.137 e. The average molecular weight is 258 g/mol. The second kappa shape index (κ2) is 5.16. The summed E-state index contributed by atoms with van der Waals surface area (Å²) in [5, 5.41) is 9.65. The summed E-state index contributed by atoms with van der Waals surface area (Å²) in [5.74, 6) is 0.818. The molecule has 1 aliphatic rings. The topological polar surface area (TPSA) is 58.5 Å². The van der Waals surface area contributed by atoms with Crippen molar-refractivity contribution in [3.05, 3.63) is 17.0 Å². The van der Waals surface area contributed by atoms with E-state index in [4.69, 9.17) is 16.3 Å². The monoisotopic (exact) mass is 257 g/mol. The minimum absolute atomic E-state index is 0.0126. The number of aliphatic hydroxyl groups is 1. The van der Waals surface area contributed by atoms with Crippen molar-refractivity contribution in [1.82, 2.24) is 9.97 Å². The Hall–Kier alpha value is -0.910. The van der Waals surface area contributed by atoms with Crippen molar-refractivity contribution in [1.29, 1.82) is 0 Å². The zero-order valence-corrected chi connectivity index (χ0v) is 10.7. The molecule has 1 aromatic heterocycles. The Morgan fingerprint density at radius 3 is 3.00 bits per heavy atom. The van der Waals surface area contributed by atoms with Crippen LogP contribution in [-0.4, -0.2) is 47.0 Å². The number of anilines is 1. The summed E-state index contributed by atoms with van der Waals surface area (Å²) >= 11 is 5.98. The fraction of sp³-hybridized carbons (Fsp3) is 0.636. The standard InChI is InChI=1S/C11H16ClN3O2/c1-7-3-15(4-9(5-16)17-7)11-8(2)10(12)13-6-14-11/h6-7,9,16H,3-5H2,1-2H3. The van der Waals surface area contributed by atoms with E-state index in [1.807, 2.05) is 13.8 Å². The van der Waals surface area contributed by atoms with Gasteiger partial charge in [-0.25, -0.2) is 9.97 Å². The lowest BCUT2D eigenvalue weighted by Crippen LogP contribution is -2.48. The number of rotatable bonds is 2. The lowest BCUT2D eigenvalue weighted by molar-refractivity contribution is -0.0423. The highest BCUT2D eigenvalue weighted by Gasteiger charge is 2.26. The molecule has 2 heterocycles. The van der Waals surface area contributed by atoms with Crippen molar-refractivity contribution in [3.63, 3.8) is 0 Å². The number of halogens is 1. The average Bonchev–Trinajstić information content (AvgIpc) is 2.31. The van der Waals surface area contributed by atoms with E-state index in [9.17, 15) is 5.11 Å². The molecule has 0 aromatic carbocycles. The SMILES string of the molecule is Cc1c(Cl)ncnc1N1CC(C)OC(CO)C1. The molecular weight excluding hydrogens is 242 g/mol. The van der Waals surface area contributed by atoms with Crippen molar-refractivity contribution in [2.24, 2.45) is 0 Å². The predicted octanol–water partition coefficient (Wildman–Crippen LogP) is 1.02. The number of nitrogens with zero attached hydrogens (tertiary/aromatic N) is 3. The van der Waals surface area contributed by atoms with Crippen LogP contribution in [0.4, 0.5) is 5.82 Å². The fourth-order valence-corrected chi connectivity index (χ4v) is 2.19. The van der Waals surface area contributed by atoms with Gasteiger partial charge >= 0.3 is 0 Å². The van der Waals surface area contributed by atoms with Crippen LogP contribution in [0.3, 0.4) is 0 Å². The van der Waals surface area contributed by atoms with E-state index in [0.29, 0.717) is 11.7 Å². The Balaban J connectivity index is 2.23. The van der Waals surface area contributed by atoms with E-state index in [0.717, 1.165) is 17.9 Å². The molecular formula is C11H16ClN3O2. The molecule has 1 aromatic rings. The van der Waals surface area contributed by atoms with Gasteiger partial charge in [0.1, 0.15) is 17.3 Å². The highest BCUT2D eigenvalue weighted by Crippen LogP contribution is 2.24. The maximum absolute atomic E-state index is 9.19. The Morgan fingerprint density at radius 1 is 1.53 bits per heavy atom. The number of aliphatic hydroxyl groups excluding tert-OH is 1. The van der Waals surface area contributed by atoms with Gasteiger partial charge in [0.15, 0.2) is 0 Å². The molecule has 94 valence electrons. The minimum atomic E-state index is -0.174. The van der Waals surface area contributed by atoms with Crippen LogP contribution in [0.25, 0.3) is 0 Å². The molecule has 2 rings (SSSR count). The second-order valence-electron chi connectivity index (χ2n) is 4.27. The van der Waals surface area contributed by atoms with E-state index in [-0.39, 0.29) is 18.8 Å². The van der Waals surface area contributed by atoms with Crippen LogP contribution in [0.5, 0.6) is 0 Å². The lowest BCUT2D eigenvalue weighted by atomic mass is 10.2. The van der Waals surface area contributed by atoms with Gasteiger partial charge in [-0.2, -0.15) is 0 Å². The largest absolute Gasteiger partial charge is 0.394 e. The number of hydrogen-bond donors (Lipinski definition) is 1. The number of hydrogen-bond acceptors (Lipinski definition) is 5. The van der Waals surface area contributed by atoms with Crippen LogP contribution in [-0.2, 0) is 4.74 Å². The smallest absolute Gasteiger partial charge is 0.137 e. The molecule has 1 N–H and O–H groups in total. The summed E-state index contributed by atoms with van der Waals surface area (Å²) in [4.78, 5) is 10.3. The van der Waals surface area contributed by atoms with Crippen LogP contribution >= 0.6 is 11.6 Å². The lowest BCUT2D eigenvalue weighted by Gasteiger charge is -2.37. The summed E-state index contributed by atoms with van der Waals surface area (Å²) < 4.78 is 5.59. The third-order valence-corrected chi connectivity index (χ3v) is 3.21. The van der Waals surface area contributed by atoms with Crippen LogP contribution in [0, 0.1) is 6.92 Å². The molecule has 1 fully saturated rings. The van der Waals surface area contributed by atoms with Gasteiger partial charge in [0.2, 0.25) is 0 Å². The molecule has 0 radical (unpaired) electrons. The van der Waals surface area contributed by atoms with Crippen molar-refractivity contribution >= 4 is 17.4 Å². The first kappa shape index (κ1) is 12.5. The normalized spacial score (nSPS) is 25.1. The van der Waals surface area contributed by atoms with Gasteiger partial charge in [0, 0.05) is 18.7 Å².